The molecule has 2 heterocycles. The third kappa shape index (κ3) is 4.31. The van der Waals surface area contributed by atoms with Crippen LogP contribution in [0, 0.1) is 0 Å². The Morgan fingerprint density at radius 1 is 1.35 bits per heavy atom. The fourth-order valence-corrected chi connectivity index (χ4v) is 2.55. The van der Waals surface area contributed by atoms with Crippen molar-refractivity contribution in [2.45, 2.75) is 31.6 Å². The molecule has 1 aliphatic rings. The Kier molecular flexibility index (Phi) is 6.15. The molecule has 23 heavy (non-hydrogen) atoms. The normalized spacial score (nSPS) is 20.0. The minimum atomic E-state index is -0.377. The van der Waals surface area contributed by atoms with Gasteiger partial charge in [0.05, 0.1) is 18.0 Å². The Balaban J connectivity index is 0.00000192. The highest BCUT2D eigenvalue weighted by atomic mass is 35.5. The molecule has 1 amide bonds. The van der Waals surface area contributed by atoms with E-state index in [-0.39, 0.29) is 30.5 Å². The first-order chi connectivity index (χ1) is 10.8. The van der Waals surface area contributed by atoms with Crippen LogP contribution in [0.15, 0.2) is 42.7 Å². The summed E-state index contributed by atoms with van der Waals surface area (Å²) in [7, 11) is 0. The number of nitrogens with zero attached hydrogens (tertiary/aromatic N) is 2. The number of carbonyl (C=O) groups is 1. The summed E-state index contributed by atoms with van der Waals surface area (Å²) in [6.45, 7) is 0.909. The average Bonchev–Trinajstić information content (AvgIpc) is 3.22. The van der Waals surface area contributed by atoms with Crippen LogP contribution in [0.4, 0.5) is 0 Å². The number of nitrogens with two attached hydrogens (primary N) is 1. The lowest BCUT2D eigenvalue weighted by Gasteiger charge is -2.12. The standard InChI is InChI=1S/C16H20N4O2.ClH/c17-8-14-6-7-15(22-14)16(21)18-9-12-10-19-20(11-12)13-4-2-1-3-5-13;/h1-5,10-11,14-15H,6-9,17H2,(H,18,21);1H/t14-,15+;/m1./s1. The van der Waals surface area contributed by atoms with Gasteiger partial charge in [0.2, 0.25) is 5.91 Å². The van der Waals surface area contributed by atoms with Crippen molar-refractivity contribution in [2.24, 2.45) is 5.73 Å². The van der Waals surface area contributed by atoms with Crippen molar-refractivity contribution < 1.29 is 9.53 Å². The van der Waals surface area contributed by atoms with Crippen molar-refractivity contribution >= 4 is 18.3 Å². The number of halogens is 1. The fourth-order valence-electron chi connectivity index (χ4n) is 2.55. The number of hydrogen-bond donors (Lipinski definition) is 2. The molecule has 2 atom stereocenters. The maximum absolute atomic E-state index is 12.1. The first kappa shape index (κ1) is 17.5. The molecule has 0 aliphatic carbocycles. The lowest BCUT2D eigenvalue weighted by atomic mass is 10.2. The smallest absolute Gasteiger partial charge is 0.249 e. The van der Waals surface area contributed by atoms with E-state index in [4.69, 9.17) is 10.5 Å². The Hall–Kier alpha value is -1.89. The quantitative estimate of drug-likeness (QED) is 0.865. The van der Waals surface area contributed by atoms with Gasteiger partial charge in [-0.15, -0.1) is 12.4 Å². The summed E-state index contributed by atoms with van der Waals surface area (Å²) in [6.07, 6.45) is 4.88. The highest BCUT2D eigenvalue weighted by Crippen LogP contribution is 2.19. The van der Waals surface area contributed by atoms with Gasteiger partial charge in [0.15, 0.2) is 0 Å². The molecule has 1 aromatic heterocycles. The predicted molar refractivity (Wildman–Crippen MR) is 89.6 cm³/mol. The van der Waals surface area contributed by atoms with E-state index in [1.165, 1.54) is 0 Å². The summed E-state index contributed by atoms with van der Waals surface area (Å²) >= 11 is 0. The van der Waals surface area contributed by atoms with Crippen molar-refractivity contribution in [3.63, 3.8) is 0 Å². The second kappa shape index (κ2) is 8.10. The van der Waals surface area contributed by atoms with Crippen molar-refractivity contribution in [3.05, 3.63) is 48.3 Å². The Labute approximate surface area is 141 Å². The topological polar surface area (TPSA) is 82.2 Å². The number of para-hydroxylation sites is 1. The molecule has 0 unspecified atom stereocenters. The van der Waals surface area contributed by atoms with Gasteiger partial charge >= 0.3 is 0 Å². The molecule has 0 bridgehead atoms. The van der Waals surface area contributed by atoms with E-state index in [0.717, 1.165) is 24.1 Å². The number of hydrogen-bond acceptors (Lipinski definition) is 4. The third-order valence-electron chi connectivity index (χ3n) is 3.79. The summed E-state index contributed by atoms with van der Waals surface area (Å²) < 4.78 is 7.37. The average molecular weight is 337 g/mol. The SMILES string of the molecule is Cl.NC[C@H]1CC[C@@H](C(=O)NCc2cnn(-c3ccccc3)c2)O1. The highest BCUT2D eigenvalue weighted by Gasteiger charge is 2.29. The predicted octanol–water partition coefficient (Wildman–Crippen LogP) is 1.42. The van der Waals surface area contributed by atoms with Gasteiger partial charge in [-0.05, 0) is 25.0 Å². The van der Waals surface area contributed by atoms with E-state index >= 15 is 0 Å². The van der Waals surface area contributed by atoms with Crippen LogP contribution >= 0.6 is 12.4 Å². The van der Waals surface area contributed by atoms with Crippen LogP contribution in [-0.4, -0.2) is 34.4 Å². The molecule has 7 heteroatoms. The number of rotatable bonds is 5. The van der Waals surface area contributed by atoms with Gasteiger partial charge in [0.25, 0.3) is 0 Å². The lowest BCUT2D eigenvalue weighted by molar-refractivity contribution is -0.132. The second-order valence-electron chi connectivity index (χ2n) is 5.41. The van der Waals surface area contributed by atoms with Crippen LogP contribution in [-0.2, 0) is 16.1 Å². The zero-order valence-corrected chi connectivity index (χ0v) is 13.5. The fraction of sp³-hybridized carbons (Fsp3) is 0.375. The molecule has 0 spiro atoms. The van der Waals surface area contributed by atoms with Crippen molar-refractivity contribution in [3.8, 4) is 5.69 Å². The molecule has 2 aromatic rings. The molecule has 124 valence electrons. The van der Waals surface area contributed by atoms with Crippen molar-refractivity contribution in [1.29, 1.82) is 0 Å². The van der Waals surface area contributed by atoms with Gasteiger partial charge in [-0.3, -0.25) is 4.79 Å². The molecule has 1 aliphatic heterocycles. The number of aromatic nitrogens is 2. The Morgan fingerprint density at radius 2 is 2.13 bits per heavy atom. The minimum Gasteiger partial charge on any atom is -0.364 e. The van der Waals surface area contributed by atoms with Crippen LogP contribution in [0.5, 0.6) is 0 Å². The molecule has 1 fully saturated rings. The molecule has 1 saturated heterocycles. The van der Waals surface area contributed by atoms with E-state index < -0.39 is 0 Å². The van der Waals surface area contributed by atoms with E-state index in [9.17, 15) is 4.79 Å². The minimum absolute atomic E-state index is 0. The van der Waals surface area contributed by atoms with Crippen molar-refractivity contribution in [2.75, 3.05) is 6.54 Å². The largest absolute Gasteiger partial charge is 0.364 e. The van der Waals surface area contributed by atoms with Crippen LogP contribution in [0.1, 0.15) is 18.4 Å². The number of amides is 1. The van der Waals surface area contributed by atoms with Gasteiger partial charge in [0, 0.05) is 24.8 Å². The van der Waals surface area contributed by atoms with E-state index in [0.29, 0.717) is 13.1 Å². The number of carbonyl (C=O) groups excluding carboxylic acids is 1. The molecule has 3 N–H and O–H groups in total. The molecule has 0 saturated carbocycles. The zero-order valence-electron chi connectivity index (χ0n) is 12.7. The maximum Gasteiger partial charge on any atom is 0.249 e. The van der Waals surface area contributed by atoms with Gasteiger partial charge in [-0.1, -0.05) is 18.2 Å². The lowest BCUT2D eigenvalue weighted by Crippen LogP contribution is -2.35. The van der Waals surface area contributed by atoms with E-state index in [1.807, 2.05) is 36.5 Å². The maximum atomic E-state index is 12.1. The van der Waals surface area contributed by atoms with Crippen LogP contribution in [0.25, 0.3) is 5.69 Å². The molecule has 3 rings (SSSR count). The van der Waals surface area contributed by atoms with Gasteiger partial charge in [-0.25, -0.2) is 4.68 Å². The second-order valence-corrected chi connectivity index (χ2v) is 5.41. The Bertz CT molecular complexity index is 632. The molecular weight excluding hydrogens is 316 g/mol. The molecule has 1 aromatic carbocycles. The van der Waals surface area contributed by atoms with Crippen LogP contribution in [0.3, 0.4) is 0 Å². The van der Waals surface area contributed by atoms with E-state index in [2.05, 4.69) is 10.4 Å². The molecule has 6 nitrogen and oxygen atoms in total. The van der Waals surface area contributed by atoms with Crippen LogP contribution < -0.4 is 11.1 Å². The number of ether oxygens (including phenoxy) is 1. The van der Waals surface area contributed by atoms with Gasteiger partial charge < -0.3 is 15.8 Å². The van der Waals surface area contributed by atoms with Crippen molar-refractivity contribution in [1.82, 2.24) is 15.1 Å². The summed E-state index contributed by atoms with van der Waals surface area (Å²) in [5.74, 6) is -0.0802. The zero-order chi connectivity index (χ0) is 15.4. The number of nitrogens with one attached hydrogen (secondary N) is 1. The van der Waals surface area contributed by atoms with Gasteiger partial charge in [-0.2, -0.15) is 5.10 Å². The molecular formula is C16H21ClN4O2. The summed E-state index contributed by atoms with van der Waals surface area (Å²) in [5.41, 5.74) is 7.49. The third-order valence-corrected chi connectivity index (χ3v) is 3.79. The van der Waals surface area contributed by atoms with E-state index in [1.54, 1.807) is 10.9 Å². The Morgan fingerprint density at radius 3 is 2.83 bits per heavy atom. The first-order valence-corrected chi connectivity index (χ1v) is 7.48. The summed E-state index contributed by atoms with van der Waals surface area (Å²) in [6, 6.07) is 9.85. The van der Waals surface area contributed by atoms with Crippen LogP contribution in [0.2, 0.25) is 0 Å². The first-order valence-electron chi connectivity index (χ1n) is 7.48. The number of benzene rings is 1. The summed E-state index contributed by atoms with van der Waals surface area (Å²) in [4.78, 5) is 12.1. The summed E-state index contributed by atoms with van der Waals surface area (Å²) in [5, 5.41) is 7.20. The molecule has 0 radical (unpaired) electrons. The monoisotopic (exact) mass is 336 g/mol. The highest BCUT2D eigenvalue weighted by molar-refractivity contribution is 5.85. The van der Waals surface area contributed by atoms with Gasteiger partial charge in [0.1, 0.15) is 6.10 Å².